The molecule has 1 unspecified atom stereocenters. The summed E-state index contributed by atoms with van der Waals surface area (Å²) >= 11 is 5.91. The second-order valence-corrected chi connectivity index (χ2v) is 8.37. The average Bonchev–Trinajstić information content (AvgIpc) is 3.07. The van der Waals surface area contributed by atoms with E-state index in [0.29, 0.717) is 0 Å². The van der Waals surface area contributed by atoms with Crippen LogP contribution in [-0.4, -0.2) is 48.8 Å². The largest absolute Gasteiger partial charge is 0.424 e. The first-order valence-electron chi connectivity index (χ1n) is 8.11. The van der Waals surface area contributed by atoms with Crippen LogP contribution < -0.4 is 10.0 Å². The lowest BCUT2D eigenvalue weighted by Gasteiger charge is -2.30. The van der Waals surface area contributed by atoms with Gasteiger partial charge in [0.2, 0.25) is 15.6 Å². The highest BCUT2D eigenvalue weighted by molar-refractivity contribution is 7.89. The fourth-order valence-electron chi connectivity index (χ4n) is 2.56. The van der Waals surface area contributed by atoms with Gasteiger partial charge in [-0.05, 0) is 25.2 Å². The number of aliphatic hydroxyl groups is 1. The lowest BCUT2D eigenvalue weighted by molar-refractivity contribution is -0.272. The Kier molecular flexibility index (Phi) is 6.62. The van der Waals surface area contributed by atoms with Gasteiger partial charge in [-0.15, -0.1) is 0 Å². The zero-order chi connectivity index (χ0) is 22.0. The van der Waals surface area contributed by atoms with E-state index >= 15 is 0 Å². The van der Waals surface area contributed by atoms with E-state index in [1.807, 2.05) is 0 Å². The molecule has 0 fully saturated rings. The van der Waals surface area contributed by atoms with Gasteiger partial charge >= 0.3 is 6.18 Å². The molecule has 1 aromatic carbocycles. The summed E-state index contributed by atoms with van der Waals surface area (Å²) in [6, 6.07) is 3.35. The highest BCUT2D eigenvalue weighted by Crippen LogP contribution is 2.40. The van der Waals surface area contributed by atoms with E-state index in [1.165, 1.54) is 32.4 Å². The summed E-state index contributed by atoms with van der Waals surface area (Å²) in [6.45, 7) is -0.582. The van der Waals surface area contributed by atoms with E-state index in [9.17, 15) is 31.5 Å². The number of aromatic nitrogens is 2. The van der Waals surface area contributed by atoms with Gasteiger partial charge in [0, 0.05) is 32.4 Å². The fourth-order valence-corrected chi connectivity index (χ4v) is 3.52. The Labute approximate surface area is 169 Å². The molecule has 2 aromatic rings. The third-order valence-electron chi connectivity index (χ3n) is 4.19. The summed E-state index contributed by atoms with van der Waals surface area (Å²) < 4.78 is 67.2. The van der Waals surface area contributed by atoms with Crippen LogP contribution in [0.1, 0.15) is 22.6 Å². The zero-order valence-electron chi connectivity index (χ0n) is 15.3. The van der Waals surface area contributed by atoms with Crippen molar-refractivity contribution < 1.29 is 31.5 Å². The number of hydrogen-bond donors (Lipinski definition) is 3. The number of carbonyl (C=O) groups is 1. The van der Waals surface area contributed by atoms with Crippen molar-refractivity contribution in [2.45, 2.75) is 23.1 Å². The highest BCUT2D eigenvalue weighted by Gasteiger charge is 2.57. The normalized spacial score (nSPS) is 14.4. The monoisotopic (exact) mass is 454 g/mol. The number of hydrogen-bond acceptors (Lipinski definition) is 5. The molecular weight excluding hydrogens is 437 g/mol. The minimum atomic E-state index is -5.05. The van der Waals surface area contributed by atoms with Crippen LogP contribution >= 0.6 is 11.6 Å². The van der Waals surface area contributed by atoms with Gasteiger partial charge in [-0.25, -0.2) is 18.1 Å². The van der Waals surface area contributed by atoms with Crippen LogP contribution in [0.5, 0.6) is 0 Å². The smallest absolute Gasteiger partial charge is 0.374 e. The molecule has 0 aliphatic carbocycles. The molecule has 160 valence electrons. The van der Waals surface area contributed by atoms with Crippen molar-refractivity contribution in [1.29, 1.82) is 0 Å². The van der Waals surface area contributed by atoms with E-state index in [1.54, 1.807) is 0 Å². The summed E-state index contributed by atoms with van der Waals surface area (Å²) in [6.07, 6.45) is -3.61. The number of nitrogens with one attached hydrogen (secondary N) is 2. The van der Waals surface area contributed by atoms with Crippen molar-refractivity contribution in [3.05, 3.63) is 47.0 Å². The van der Waals surface area contributed by atoms with E-state index in [-0.39, 0.29) is 15.5 Å². The summed E-state index contributed by atoms with van der Waals surface area (Å²) in [4.78, 5) is 15.6. The maximum atomic E-state index is 13.5. The number of carbonyl (C=O) groups excluding carboxylic acids is 1. The minimum Gasteiger partial charge on any atom is -0.374 e. The number of nitrogens with zero attached hydrogens (tertiary/aromatic N) is 2. The number of sulfonamides is 1. The van der Waals surface area contributed by atoms with E-state index < -0.39 is 46.5 Å². The molecule has 29 heavy (non-hydrogen) atoms. The standard InChI is InChI=1S/C16H18ClF3N4O4S/c1-21-29(27,28)10-3-4-12(17)11(9-10)13(25)22-6-5-15(26,16(18,19)20)14-23-7-8-24(14)2/h3-4,7-9,21,26H,5-6H2,1-2H3,(H,22,25). The van der Waals surface area contributed by atoms with Crippen LogP contribution in [0.15, 0.2) is 35.5 Å². The summed E-state index contributed by atoms with van der Waals surface area (Å²) in [7, 11) is -1.38. The molecule has 1 atom stereocenters. The van der Waals surface area contributed by atoms with Crippen LogP contribution in [0.2, 0.25) is 5.02 Å². The maximum absolute atomic E-state index is 13.5. The molecule has 13 heteroatoms. The van der Waals surface area contributed by atoms with E-state index in [4.69, 9.17) is 11.6 Å². The predicted molar refractivity (Wildman–Crippen MR) is 97.8 cm³/mol. The van der Waals surface area contributed by atoms with Crippen LogP contribution in [0.25, 0.3) is 0 Å². The second-order valence-electron chi connectivity index (χ2n) is 6.07. The quantitative estimate of drug-likeness (QED) is 0.587. The second kappa shape index (κ2) is 8.30. The molecule has 0 saturated carbocycles. The molecule has 1 amide bonds. The van der Waals surface area contributed by atoms with Crippen molar-refractivity contribution in [1.82, 2.24) is 19.6 Å². The molecule has 0 aliphatic rings. The van der Waals surface area contributed by atoms with Crippen LogP contribution in [0.4, 0.5) is 13.2 Å². The highest BCUT2D eigenvalue weighted by atomic mass is 35.5. The topological polar surface area (TPSA) is 113 Å². The first-order valence-corrected chi connectivity index (χ1v) is 9.98. The Morgan fingerprint density at radius 2 is 2.00 bits per heavy atom. The van der Waals surface area contributed by atoms with Gasteiger partial charge in [-0.1, -0.05) is 11.6 Å². The third-order valence-corrected chi connectivity index (χ3v) is 5.94. The van der Waals surface area contributed by atoms with Crippen molar-refractivity contribution in [3.8, 4) is 0 Å². The molecule has 2 rings (SSSR count). The Bertz CT molecular complexity index is 1010. The van der Waals surface area contributed by atoms with Gasteiger partial charge in [0.1, 0.15) is 5.82 Å². The average molecular weight is 455 g/mol. The van der Waals surface area contributed by atoms with Crippen molar-refractivity contribution in [2.75, 3.05) is 13.6 Å². The summed E-state index contributed by atoms with van der Waals surface area (Å²) in [5, 5.41) is 12.4. The van der Waals surface area contributed by atoms with Crippen LogP contribution in [0, 0.1) is 0 Å². The lowest BCUT2D eigenvalue weighted by atomic mass is 9.97. The first-order chi connectivity index (χ1) is 13.3. The molecule has 0 radical (unpaired) electrons. The number of alkyl halides is 3. The Hall–Kier alpha value is -2.15. The van der Waals surface area contributed by atoms with Gasteiger partial charge < -0.3 is 15.0 Å². The summed E-state index contributed by atoms with van der Waals surface area (Å²) in [5.74, 6) is -1.52. The molecule has 0 saturated heterocycles. The van der Waals surface area contributed by atoms with Gasteiger partial charge in [0.25, 0.3) is 5.91 Å². The number of imidazole rings is 1. The minimum absolute atomic E-state index is 0.0901. The van der Waals surface area contributed by atoms with E-state index in [0.717, 1.165) is 16.8 Å². The predicted octanol–water partition coefficient (Wildman–Crippen LogP) is 1.55. The van der Waals surface area contributed by atoms with Gasteiger partial charge in [-0.2, -0.15) is 13.2 Å². The van der Waals surface area contributed by atoms with Crippen LogP contribution in [0.3, 0.4) is 0 Å². The Balaban J connectivity index is 2.21. The van der Waals surface area contributed by atoms with Crippen molar-refractivity contribution >= 4 is 27.5 Å². The number of rotatable bonds is 7. The van der Waals surface area contributed by atoms with Gasteiger partial charge in [0.15, 0.2) is 0 Å². The van der Waals surface area contributed by atoms with Gasteiger partial charge in [-0.3, -0.25) is 4.79 Å². The molecule has 1 aromatic heterocycles. The van der Waals surface area contributed by atoms with Gasteiger partial charge in [0.05, 0.1) is 15.5 Å². The van der Waals surface area contributed by atoms with E-state index in [2.05, 4.69) is 15.0 Å². The molecule has 0 spiro atoms. The number of aryl methyl sites for hydroxylation is 1. The number of halogens is 4. The maximum Gasteiger partial charge on any atom is 0.424 e. The summed E-state index contributed by atoms with van der Waals surface area (Å²) in [5.41, 5.74) is -3.53. The molecular formula is C16H18ClF3N4O4S. The molecule has 0 bridgehead atoms. The first kappa shape index (κ1) is 23.1. The number of benzene rings is 1. The number of amides is 1. The van der Waals surface area contributed by atoms with Crippen molar-refractivity contribution in [3.63, 3.8) is 0 Å². The molecule has 0 aliphatic heterocycles. The molecule has 1 heterocycles. The molecule has 8 nitrogen and oxygen atoms in total. The third kappa shape index (κ3) is 4.71. The van der Waals surface area contributed by atoms with Crippen LogP contribution in [-0.2, 0) is 22.7 Å². The SMILES string of the molecule is CNS(=O)(=O)c1ccc(Cl)c(C(=O)NCCC(O)(c2nccn2C)C(F)(F)F)c1. The van der Waals surface area contributed by atoms with Crippen molar-refractivity contribution in [2.24, 2.45) is 7.05 Å². The Morgan fingerprint density at radius 3 is 2.52 bits per heavy atom. The zero-order valence-corrected chi connectivity index (χ0v) is 16.9. The lowest BCUT2D eigenvalue weighted by Crippen LogP contribution is -2.46. The molecule has 3 N–H and O–H groups in total. The Morgan fingerprint density at radius 1 is 1.34 bits per heavy atom. The fraction of sp³-hybridized carbons (Fsp3) is 0.375.